The molecule has 4 nitrogen and oxygen atoms in total. The molecule has 1 aromatic carbocycles. The Labute approximate surface area is 126 Å². The summed E-state index contributed by atoms with van der Waals surface area (Å²) in [6.45, 7) is 9.49. The van der Waals surface area contributed by atoms with Gasteiger partial charge in [0, 0.05) is 13.1 Å². The molecule has 1 heterocycles. The Morgan fingerprint density at radius 1 is 1.05 bits per heavy atom. The van der Waals surface area contributed by atoms with E-state index in [1.54, 1.807) is 4.90 Å². The van der Waals surface area contributed by atoms with Crippen LogP contribution in [-0.4, -0.2) is 29.8 Å². The number of hydrogen-bond donors (Lipinski definition) is 1. The third-order valence-electron chi connectivity index (χ3n) is 4.28. The first-order valence-electron chi connectivity index (χ1n) is 7.57. The highest BCUT2D eigenvalue weighted by Gasteiger charge is 2.25. The van der Waals surface area contributed by atoms with Gasteiger partial charge in [-0.2, -0.15) is 0 Å². The van der Waals surface area contributed by atoms with E-state index in [1.807, 2.05) is 13.8 Å². The Morgan fingerprint density at radius 2 is 1.62 bits per heavy atom. The quantitative estimate of drug-likeness (QED) is 0.850. The van der Waals surface area contributed by atoms with Crippen LogP contribution in [0.25, 0.3) is 0 Å². The lowest BCUT2D eigenvalue weighted by molar-refractivity contribution is -0.145. The lowest BCUT2D eigenvalue weighted by atomic mass is 9.96. The molecule has 0 aliphatic carbocycles. The molecule has 114 valence electrons. The minimum absolute atomic E-state index is 0.164. The third-order valence-corrected chi connectivity index (χ3v) is 4.28. The van der Waals surface area contributed by atoms with Gasteiger partial charge >= 0.3 is 11.8 Å². The summed E-state index contributed by atoms with van der Waals surface area (Å²) in [6.07, 6.45) is 1.98. The molecule has 1 aliphatic rings. The molecule has 1 N–H and O–H groups in total. The van der Waals surface area contributed by atoms with Gasteiger partial charge in [-0.3, -0.25) is 9.59 Å². The maximum absolute atomic E-state index is 12.1. The second-order valence-corrected chi connectivity index (χ2v) is 5.99. The molecular weight excluding hydrogens is 264 g/mol. The number of amides is 2. The summed E-state index contributed by atoms with van der Waals surface area (Å²) in [5, 5.41) is 2.83. The zero-order valence-electron chi connectivity index (χ0n) is 13.3. The number of rotatable bonds is 2. The number of carbonyl (C=O) groups is 2. The molecule has 0 radical (unpaired) electrons. The van der Waals surface area contributed by atoms with Gasteiger partial charge in [-0.25, -0.2) is 0 Å². The molecule has 1 aliphatic heterocycles. The molecule has 1 fully saturated rings. The molecule has 1 saturated heterocycles. The van der Waals surface area contributed by atoms with Crippen LogP contribution in [0.15, 0.2) is 12.1 Å². The van der Waals surface area contributed by atoms with Crippen molar-refractivity contribution >= 4 is 11.8 Å². The number of carbonyl (C=O) groups excluding carboxylic acids is 2. The van der Waals surface area contributed by atoms with Crippen LogP contribution in [0.2, 0.25) is 0 Å². The largest absolute Gasteiger partial charge is 0.341 e. The van der Waals surface area contributed by atoms with Crippen LogP contribution in [0.1, 0.15) is 48.1 Å². The predicted octanol–water partition coefficient (Wildman–Crippen LogP) is 2.41. The molecule has 21 heavy (non-hydrogen) atoms. The van der Waals surface area contributed by atoms with Gasteiger partial charge in [0.25, 0.3) is 0 Å². The number of hydrogen-bond acceptors (Lipinski definition) is 2. The van der Waals surface area contributed by atoms with E-state index in [2.05, 4.69) is 31.3 Å². The lowest BCUT2D eigenvalue weighted by Crippen LogP contribution is -2.42. The average molecular weight is 288 g/mol. The lowest BCUT2D eigenvalue weighted by Gasteiger charge is -2.20. The third kappa shape index (κ3) is 3.43. The van der Waals surface area contributed by atoms with E-state index < -0.39 is 11.8 Å². The van der Waals surface area contributed by atoms with Crippen molar-refractivity contribution < 1.29 is 9.59 Å². The molecule has 4 heteroatoms. The molecular formula is C17H24N2O2. The second-order valence-electron chi connectivity index (χ2n) is 5.99. The van der Waals surface area contributed by atoms with Crippen molar-refractivity contribution in [3.63, 3.8) is 0 Å². The van der Waals surface area contributed by atoms with Crippen molar-refractivity contribution in [2.24, 2.45) is 0 Å². The molecule has 0 bridgehead atoms. The fourth-order valence-corrected chi connectivity index (χ4v) is 2.85. The van der Waals surface area contributed by atoms with Crippen molar-refractivity contribution in [3.8, 4) is 0 Å². The molecule has 0 saturated carbocycles. The number of nitrogens with zero attached hydrogens (tertiary/aromatic N) is 1. The van der Waals surface area contributed by atoms with Crippen LogP contribution in [-0.2, 0) is 9.59 Å². The first-order valence-corrected chi connectivity index (χ1v) is 7.57. The summed E-state index contributed by atoms with van der Waals surface area (Å²) >= 11 is 0. The molecule has 0 spiro atoms. The Hall–Kier alpha value is -1.84. The Bertz CT molecular complexity index is 560. The average Bonchev–Trinajstić information content (AvgIpc) is 2.95. The van der Waals surface area contributed by atoms with Gasteiger partial charge in [-0.15, -0.1) is 0 Å². The fourth-order valence-electron chi connectivity index (χ4n) is 2.85. The standard InChI is InChI=1S/C17H24N2O2/c1-11-9-13(3)15(10-12(11)2)14(4)18-16(20)17(21)19-7-5-6-8-19/h9-10,14H,5-8H2,1-4H3,(H,18,20). The Kier molecular flexibility index (Phi) is 4.66. The summed E-state index contributed by atoms with van der Waals surface area (Å²) in [7, 11) is 0. The summed E-state index contributed by atoms with van der Waals surface area (Å²) in [5.41, 5.74) is 4.64. The molecule has 0 aromatic heterocycles. The number of likely N-dealkylation sites (tertiary alicyclic amines) is 1. The zero-order valence-corrected chi connectivity index (χ0v) is 13.3. The van der Waals surface area contributed by atoms with Crippen LogP contribution in [0, 0.1) is 20.8 Å². The van der Waals surface area contributed by atoms with Gasteiger partial charge in [0.2, 0.25) is 0 Å². The normalized spacial score (nSPS) is 15.9. The highest BCUT2D eigenvalue weighted by atomic mass is 16.2. The molecule has 2 rings (SSSR count). The van der Waals surface area contributed by atoms with Crippen molar-refractivity contribution in [2.75, 3.05) is 13.1 Å². The van der Waals surface area contributed by atoms with Crippen LogP contribution in [0.3, 0.4) is 0 Å². The number of nitrogens with one attached hydrogen (secondary N) is 1. The van der Waals surface area contributed by atoms with Crippen molar-refractivity contribution in [3.05, 3.63) is 34.4 Å². The first-order chi connectivity index (χ1) is 9.90. The van der Waals surface area contributed by atoms with Gasteiger partial charge < -0.3 is 10.2 Å². The summed E-state index contributed by atoms with van der Waals surface area (Å²) in [6, 6.07) is 4.05. The van der Waals surface area contributed by atoms with Gasteiger partial charge in [-0.05, 0) is 62.8 Å². The first kappa shape index (κ1) is 15.5. The number of benzene rings is 1. The van der Waals surface area contributed by atoms with Crippen molar-refractivity contribution in [2.45, 2.75) is 46.6 Å². The predicted molar refractivity (Wildman–Crippen MR) is 83.0 cm³/mol. The maximum Gasteiger partial charge on any atom is 0.311 e. The van der Waals surface area contributed by atoms with E-state index in [0.717, 1.165) is 24.0 Å². The van der Waals surface area contributed by atoms with E-state index in [4.69, 9.17) is 0 Å². The topological polar surface area (TPSA) is 49.4 Å². The molecule has 1 unspecified atom stereocenters. The fraction of sp³-hybridized carbons (Fsp3) is 0.529. The minimum Gasteiger partial charge on any atom is -0.341 e. The van der Waals surface area contributed by atoms with Crippen molar-refractivity contribution in [1.82, 2.24) is 10.2 Å². The van der Waals surface area contributed by atoms with E-state index in [0.29, 0.717) is 13.1 Å². The zero-order chi connectivity index (χ0) is 15.6. The highest BCUT2D eigenvalue weighted by molar-refractivity contribution is 6.35. The minimum atomic E-state index is -0.498. The molecule has 1 aromatic rings. The van der Waals surface area contributed by atoms with E-state index >= 15 is 0 Å². The maximum atomic E-state index is 12.1. The van der Waals surface area contributed by atoms with E-state index in [9.17, 15) is 9.59 Å². The van der Waals surface area contributed by atoms with E-state index in [1.165, 1.54) is 11.1 Å². The summed E-state index contributed by atoms with van der Waals surface area (Å²) in [5.74, 6) is -0.900. The van der Waals surface area contributed by atoms with Gasteiger partial charge in [0.05, 0.1) is 6.04 Å². The summed E-state index contributed by atoms with van der Waals surface area (Å²) < 4.78 is 0. The molecule has 1 atom stereocenters. The van der Waals surface area contributed by atoms with Crippen LogP contribution >= 0.6 is 0 Å². The second kappa shape index (κ2) is 6.29. The Morgan fingerprint density at radius 3 is 2.24 bits per heavy atom. The van der Waals surface area contributed by atoms with Crippen LogP contribution in [0.4, 0.5) is 0 Å². The summed E-state index contributed by atoms with van der Waals surface area (Å²) in [4.78, 5) is 25.7. The smallest absolute Gasteiger partial charge is 0.311 e. The Balaban J connectivity index is 2.07. The highest BCUT2D eigenvalue weighted by Crippen LogP contribution is 2.21. The van der Waals surface area contributed by atoms with Gasteiger partial charge in [-0.1, -0.05) is 12.1 Å². The van der Waals surface area contributed by atoms with Gasteiger partial charge in [0.15, 0.2) is 0 Å². The monoisotopic (exact) mass is 288 g/mol. The molecule has 2 amide bonds. The van der Waals surface area contributed by atoms with E-state index in [-0.39, 0.29) is 6.04 Å². The van der Waals surface area contributed by atoms with Crippen LogP contribution in [0.5, 0.6) is 0 Å². The SMILES string of the molecule is Cc1cc(C)c(C(C)NC(=O)C(=O)N2CCCC2)cc1C. The number of aryl methyl sites for hydroxylation is 3. The van der Waals surface area contributed by atoms with Crippen LogP contribution < -0.4 is 5.32 Å². The van der Waals surface area contributed by atoms with Crippen molar-refractivity contribution in [1.29, 1.82) is 0 Å². The van der Waals surface area contributed by atoms with Gasteiger partial charge in [0.1, 0.15) is 0 Å².